The lowest BCUT2D eigenvalue weighted by atomic mass is 10.1. The summed E-state index contributed by atoms with van der Waals surface area (Å²) in [6.07, 6.45) is 1.71. The second kappa shape index (κ2) is 6.89. The first kappa shape index (κ1) is 16.0. The van der Waals surface area contributed by atoms with E-state index in [2.05, 4.69) is 4.98 Å². The Hall–Kier alpha value is -0.490. The van der Waals surface area contributed by atoms with Gasteiger partial charge in [0, 0.05) is 5.56 Å². The number of pyridine rings is 1. The van der Waals surface area contributed by atoms with Gasteiger partial charge in [-0.15, -0.1) is 24.8 Å². The van der Waals surface area contributed by atoms with Gasteiger partial charge in [0.15, 0.2) is 0 Å². The molecule has 0 aliphatic carbocycles. The van der Waals surface area contributed by atoms with Crippen LogP contribution in [0.1, 0.15) is 11.6 Å². The summed E-state index contributed by atoms with van der Waals surface area (Å²) < 4.78 is 25.6. The van der Waals surface area contributed by atoms with E-state index in [1.54, 1.807) is 0 Å². The van der Waals surface area contributed by atoms with Gasteiger partial charge >= 0.3 is 0 Å². The first-order valence-corrected chi connectivity index (χ1v) is 3.32. The molecule has 0 saturated carbocycles. The fourth-order valence-corrected chi connectivity index (χ4v) is 0.867. The van der Waals surface area contributed by atoms with E-state index >= 15 is 0 Å². The summed E-state index contributed by atoms with van der Waals surface area (Å²) in [5.41, 5.74) is 4.91. The predicted molar refractivity (Wildman–Crippen MR) is 52.7 cm³/mol. The zero-order valence-electron chi connectivity index (χ0n) is 6.98. The number of rotatable bonds is 2. The first-order chi connectivity index (χ1) is 5.66. The van der Waals surface area contributed by atoms with Gasteiger partial charge in [0.25, 0.3) is 0 Å². The maximum atomic E-state index is 12.8. The number of nitrogens with zero attached hydrogens (tertiary/aromatic N) is 1. The lowest BCUT2D eigenvalue weighted by Gasteiger charge is -2.09. The lowest BCUT2D eigenvalue weighted by molar-refractivity contribution is 0.262. The van der Waals surface area contributed by atoms with Crippen molar-refractivity contribution in [1.29, 1.82) is 0 Å². The Balaban J connectivity index is 0. The standard InChI is InChI=1S/C7H8F2N2O.2ClH/c8-4-1-11-2-5(9)7(4)6(10)3-12;;/h1-2,6,12H,3,10H2;2*1H. The fraction of sp³-hybridized carbons (Fsp3) is 0.286. The molecule has 0 amide bonds. The molecule has 1 heterocycles. The van der Waals surface area contributed by atoms with Gasteiger partial charge in [-0.05, 0) is 0 Å². The minimum Gasteiger partial charge on any atom is -0.394 e. The van der Waals surface area contributed by atoms with Crippen LogP contribution in [0.2, 0.25) is 0 Å². The Bertz CT molecular complexity index is 268. The van der Waals surface area contributed by atoms with E-state index in [-0.39, 0.29) is 30.4 Å². The van der Waals surface area contributed by atoms with E-state index in [1.807, 2.05) is 0 Å². The molecule has 3 N–H and O–H groups in total. The van der Waals surface area contributed by atoms with E-state index in [0.29, 0.717) is 0 Å². The van der Waals surface area contributed by atoms with Crippen LogP contribution in [0, 0.1) is 11.6 Å². The summed E-state index contributed by atoms with van der Waals surface area (Å²) in [5, 5.41) is 8.56. The van der Waals surface area contributed by atoms with Crippen molar-refractivity contribution >= 4 is 24.8 Å². The summed E-state index contributed by atoms with van der Waals surface area (Å²) in [6, 6.07) is -1.03. The van der Waals surface area contributed by atoms with Crippen LogP contribution in [-0.2, 0) is 0 Å². The van der Waals surface area contributed by atoms with Crippen LogP contribution in [0.4, 0.5) is 8.78 Å². The third kappa shape index (κ3) is 3.34. The van der Waals surface area contributed by atoms with Crippen LogP contribution in [0.25, 0.3) is 0 Å². The van der Waals surface area contributed by atoms with Gasteiger partial charge in [-0.25, -0.2) is 8.78 Å². The van der Waals surface area contributed by atoms with Crippen molar-refractivity contribution in [1.82, 2.24) is 4.98 Å². The molecule has 1 aromatic rings. The van der Waals surface area contributed by atoms with Crippen molar-refractivity contribution in [3.63, 3.8) is 0 Å². The molecule has 1 unspecified atom stereocenters. The number of nitrogens with two attached hydrogens (primary N) is 1. The molecule has 1 aromatic heterocycles. The fourth-order valence-electron chi connectivity index (χ4n) is 0.867. The van der Waals surface area contributed by atoms with Gasteiger partial charge in [-0.1, -0.05) is 0 Å². The van der Waals surface area contributed by atoms with Gasteiger partial charge in [-0.3, -0.25) is 4.98 Å². The number of aliphatic hydroxyl groups is 1. The van der Waals surface area contributed by atoms with Crippen molar-refractivity contribution in [3.05, 3.63) is 29.6 Å². The van der Waals surface area contributed by atoms with E-state index in [1.165, 1.54) is 0 Å². The Morgan fingerprint density at radius 3 is 2.07 bits per heavy atom. The molecule has 1 rings (SSSR count). The molecule has 0 fully saturated rings. The third-order valence-electron chi connectivity index (χ3n) is 1.46. The molecule has 14 heavy (non-hydrogen) atoms. The molecule has 7 heteroatoms. The molecule has 0 bridgehead atoms. The molecule has 1 atom stereocenters. The lowest BCUT2D eigenvalue weighted by Crippen LogP contribution is -2.18. The second-order valence-electron chi connectivity index (χ2n) is 2.31. The van der Waals surface area contributed by atoms with Crippen LogP contribution in [-0.4, -0.2) is 16.7 Å². The summed E-state index contributed by atoms with van der Waals surface area (Å²) in [5.74, 6) is -1.67. The van der Waals surface area contributed by atoms with E-state index in [0.717, 1.165) is 12.4 Å². The number of hydrogen-bond donors (Lipinski definition) is 2. The average molecular weight is 247 g/mol. The van der Waals surface area contributed by atoms with Crippen LogP contribution in [0.3, 0.4) is 0 Å². The molecular formula is C7H10Cl2F2N2O. The molecule has 82 valence electrons. The van der Waals surface area contributed by atoms with Gasteiger partial charge in [0.2, 0.25) is 0 Å². The van der Waals surface area contributed by atoms with Crippen molar-refractivity contribution in [3.8, 4) is 0 Å². The van der Waals surface area contributed by atoms with Crippen LogP contribution >= 0.6 is 24.8 Å². The van der Waals surface area contributed by atoms with Crippen LogP contribution < -0.4 is 5.73 Å². The molecule has 0 radical (unpaired) electrons. The molecule has 0 aromatic carbocycles. The molecule has 0 aliphatic heterocycles. The number of aliphatic hydroxyl groups excluding tert-OH is 1. The van der Waals surface area contributed by atoms with Crippen molar-refractivity contribution in [2.75, 3.05) is 6.61 Å². The van der Waals surface area contributed by atoms with E-state index in [9.17, 15) is 8.78 Å². The first-order valence-electron chi connectivity index (χ1n) is 3.32. The number of hydrogen-bond acceptors (Lipinski definition) is 3. The van der Waals surface area contributed by atoms with Crippen molar-refractivity contribution in [2.24, 2.45) is 5.73 Å². The Morgan fingerprint density at radius 1 is 1.29 bits per heavy atom. The molecule has 0 aliphatic rings. The zero-order valence-corrected chi connectivity index (χ0v) is 8.62. The largest absolute Gasteiger partial charge is 0.394 e. The molecule has 3 nitrogen and oxygen atoms in total. The highest BCUT2D eigenvalue weighted by atomic mass is 35.5. The Morgan fingerprint density at radius 2 is 1.71 bits per heavy atom. The highest BCUT2D eigenvalue weighted by molar-refractivity contribution is 5.85. The minimum atomic E-state index is -1.03. The van der Waals surface area contributed by atoms with Crippen LogP contribution in [0.5, 0.6) is 0 Å². The Kier molecular flexibility index (Phi) is 7.85. The van der Waals surface area contributed by atoms with Crippen molar-refractivity contribution in [2.45, 2.75) is 6.04 Å². The van der Waals surface area contributed by atoms with Gasteiger partial charge in [0.1, 0.15) is 11.6 Å². The van der Waals surface area contributed by atoms with Gasteiger partial charge in [0.05, 0.1) is 25.0 Å². The zero-order chi connectivity index (χ0) is 9.14. The quantitative estimate of drug-likeness (QED) is 0.825. The smallest absolute Gasteiger partial charge is 0.149 e. The molecule has 0 spiro atoms. The van der Waals surface area contributed by atoms with E-state index in [4.69, 9.17) is 10.8 Å². The highest BCUT2D eigenvalue weighted by Crippen LogP contribution is 2.16. The average Bonchev–Trinajstić information content (AvgIpc) is 2.03. The van der Waals surface area contributed by atoms with Gasteiger partial charge < -0.3 is 10.8 Å². The SMILES string of the molecule is Cl.Cl.NC(CO)c1c(F)cncc1F. The topological polar surface area (TPSA) is 59.1 Å². The molecule has 0 saturated heterocycles. The minimum absolute atomic E-state index is 0. The monoisotopic (exact) mass is 246 g/mol. The van der Waals surface area contributed by atoms with Crippen molar-refractivity contribution < 1.29 is 13.9 Å². The van der Waals surface area contributed by atoms with E-state index < -0.39 is 24.3 Å². The molecular weight excluding hydrogens is 237 g/mol. The second-order valence-corrected chi connectivity index (χ2v) is 2.31. The predicted octanol–water partition coefficient (Wildman–Crippen LogP) is 1.20. The maximum Gasteiger partial charge on any atom is 0.149 e. The van der Waals surface area contributed by atoms with Crippen LogP contribution in [0.15, 0.2) is 12.4 Å². The summed E-state index contributed by atoms with van der Waals surface area (Å²) in [6.45, 7) is -0.502. The third-order valence-corrected chi connectivity index (χ3v) is 1.46. The number of halogens is 4. The number of aromatic nitrogens is 1. The summed E-state index contributed by atoms with van der Waals surface area (Å²) >= 11 is 0. The highest BCUT2D eigenvalue weighted by Gasteiger charge is 2.15. The normalized spacial score (nSPS) is 11.1. The maximum absolute atomic E-state index is 12.8. The summed E-state index contributed by atoms with van der Waals surface area (Å²) in [4.78, 5) is 3.27. The van der Waals surface area contributed by atoms with Gasteiger partial charge in [-0.2, -0.15) is 0 Å². The Labute approximate surface area is 92.2 Å². The summed E-state index contributed by atoms with van der Waals surface area (Å²) in [7, 11) is 0.